The van der Waals surface area contributed by atoms with E-state index in [9.17, 15) is 4.79 Å². The lowest BCUT2D eigenvalue weighted by atomic mass is 10.1. The van der Waals surface area contributed by atoms with Crippen LogP contribution in [0.5, 0.6) is 0 Å². The summed E-state index contributed by atoms with van der Waals surface area (Å²) in [6.07, 6.45) is 1.66. The monoisotopic (exact) mass is 270 g/mol. The Bertz CT molecular complexity index is 527. The zero-order valence-electron chi connectivity index (χ0n) is 11.4. The minimum atomic E-state index is -0.0573. The number of nitrogens with zero attached hydrogens (tertiary/aromatic N) is 3. The highest BCUT2D eigenvalue weighted by molar-refractivity contribution is 5.74. The molecular weight excluding hydrogens is 252 g/mol. The van der Waals surface area contributed by atoms with Gasteiger partial charge in [-0.3, -0.25) is 0 Å². The van der Waals surface area contributed by atoms with Gasteiger partial charge in [-0.2, -0.15) is 5.26 Å². The number of anilines is 1. The molecule has 0 saturated carbocycles. The van der Waals surface area contributed by atoms with E-state index in [0.717, 1.165) is 18.8 Å². The maximum atomic E-state index is 11.8. The average molecular weight is 270 g/mol. The van der Waals surface area contributed by atoms with Gasteiger partial charge in [0.25, 0.3) is 0 Å². The molecule has 5 nitrogen and oxygen atoms in total. The van der Waals surface area contributed by atoms with Gasteiger partial charge in [-0.1, -0.05) is 18.2 Å². The minimum absolute atomic E-state index is 0.0573. The molecule has 104 valence electrons. The van der Waals surface area contributed by atoms with Gasteiger partial charge in [0.1, 0.15) is 6.07 Å². The molecule has 1 aliphatic heterocycles. The first-order valence-corrected chi connectivity index (χ1v) is 6.64. The largest absolute Gasteiger partial charge is 0.367 e. The van der Waals surface area contributed by atoms with Crippen LogP contribution in [0, 0.1) is 11.3 Å². The number of piperazine rings is 1. The average Bonchev–Trinajstić information content (AvgIpc) is 2.52. The molecule has 1 N–H and O–H groups in total. The van der Waals surface area contributed by atoms with Crippen molar-refractivity contribution in [3.63, 3.8) is 0 Å². The highest BCUT2D eigenvalue weighted by Crippen LogP contribution is 2.20. The summed E-state index contributed by atoms with van der Waals surface area (Å²) in [4.78, 5) is 15.8. The molecule has 0 radical (unpaired) electrons. The number of carbonyl (C=O) groups excluding carboxylic acids is 1. The number of carbonyl (C=O) groups is 1. The molecule has 0 bridgehead atoms. The molecule has 1 heterocycles. The zero-order chi connectivity index (χ0) is 14.4. The Morgan fingerprint density at radius 2 is 2.05 bits per heavy atom. The Morgan fingerprint density at radius 3 is 2.70 bits per heavy atom. The molecule has 5 heteroatoms. The molecule has 1 aliphatic rings. The first-order valence-electron chi connectivity index (χ1n) is 6.64. The van der Waals surface area contributed by atoms with Crippen LogP contribution < -0.4 is 10.2 Å². The number of urea groups is 1. The van der Waals surface area contributed by atoms with Crippen LogP contribution in [0.15, 0.2) is 36.9 Å². The highest BCUT2D eigenvalue weighted by atomic mass is 16.2. The number of hydrogen-bond acceptors (Lipinski definition) is 3. The molecule has 1 saturated heterocycles. The topological polar surface area (TPSA) is 59.4 Å². The van der Waals surface area contributed by atoms with Gasteiger partial charge in [0.05, 0.1) is 11.3 Å². The molecule has 1 aromatic carbocycles. The summed E-state index contributed by atoms with van der Waals surface area (Å²) in [5.41, 5.74) is 1.62. The SMILES string of the molecule is C=CCNC(=O)N1CCN(c2ccccc2C#N)CC1. The van der Waals surface area contributed by atoms with Crippen LogP contribution in [0.1, 0.15) is 5.56 Å². The van der Waals surface area contributed by atoms with Gasteiger partial charge >= 0.3 is 6.03 Å². The molecule has 2 rings (SSSR count). The molecule has 20 heavy (non-hydrogen) atoms. The summed E-state index contributed by atoms with van der Waals surface area (Å²) in [5.74, 6) is 0. The van der Waals surface area contributed by atoms with Crippen molar-refractivity contribution in [2.24, 2.45) is 0 Å². The third kappa shape index (κ3) is 3.09. The van der Waals surface area contributed by atoms with Crippen LogP contribution in [-0.4, -0.2) is 43.7 Å². The van der Waals surface area contributed by atoms with E-state index in [1.54, 1.807) is 11.0 Å². The van der Waals surface area contributed by atoms with Crippen molar-refractivity contribution in [2.45, 2.75) is 0 Å². The lowest BCUT2D eigenvalue weighted by molar-refractivity contribution is 0.195. The predicted octanol–water partition coefficient (Wildman–Crippen LogP) is 1.58. The van der Waals surface area contributed by atoms with E-state index < -0.39 is 0 Å². The molecule has 1 fully saturated rings. The van der Waals surface area contributed by atoms with Crippen LogP contribution in [0.25, 0.3) is 0 Å². The molecule has 1 aromatic rings. The van der Waals surface area contributed by atoms with Crippen molar-refractivity contribution >= 4 is 11.7 Å². The number of nitriles is 1. The van der Waals surface area contributed by atoms with Crippen LogP contribution in [-0.2, 0) is 0 Å². The summed E-state index contributed by atoms with van der Waals surface area (Å²) in [7, 11) is 0. The van der Waals surface area contributed by atoms with E-state index in [1.165, 1.54) is 0 Å². The lowest BCUT2D eigenvalue weighted by Crippen LogP contribution is -2.52. The van der Waals surface area contributed by atoms with E-state index >= 15 is 0 Å². The minimum Gasteiger partial charge on any atom is -0.367 e. The standard InChI is InChI=1S/C15H18N4O/c1-2-7-17-15(20)19-10-8-18(9-11-19)14-6-4-3-5-13(14)12-16/h2-6H,1,7-11H2,(H,17,20). The summed E-state index contributed by atoms with van der Waals surface area (Å²) in [6.45, 7) is 6.84. The number of benzene rings is 1. The summed E-state index contributed by atoms with van der Waals surface area (Å²) < 4.78 is 0. The van der Waals surface area contributed by atoms with Crippen molar-refractivity contribution < 1.29 is 4.79 Å². The second-order valence-corrected chi connectivity index (χ2v) is 4.58. The van der Waals surface area contributed by atoms with E-state index in [4.69, 9.17) is 5.26 Å². The third-order valence-electron chi connectivity index (χ3n) is 3.33. The van der Waals surface area contributed by atoms with Gasteiger partial charge < -0.3 is 15.1 Å². The molecular formula is C15H18N4O. The van der Waals surface area contributed by atoms with Crippen LogP contribution in [0.4, 0.5) is 10.5 Å². The fourth-order valence-corrected chi connectivity index (χ4v) is 2.27. The number of nitrogens with one attached hydrogen (secondary N) is 1. The number of amides is 2. The third-order valence-corrected chi connectivity index (χ3v) is 3.33. The second-order valence-electron chi connectivity index (χ2n) is 4.58. The molecule has 0 atom stereocenters. The van der Waals surface area contributed by atoms with Gasteiger partial charge in [-0.05, 0) is 12.1 Å². The summed E-state index contributed by atoms with van der Waals surface area (Å²) in [6, 6.07) is 9.71. The van der Waals surface area contributed by atoms with Crippen molar-refractivity contribution in [1.82, 2.24) is 10.2 Å². The summed E-state index contributed by atoms with van der Waals surface area (Å²) >= 11 is 0. The van der Waals surface area contributed by atoms with Crippen molar-refractivity contribution in [1.29, 1.82) is 5.26 Å². The Hall–Kier alpha value is -2.48. The molecule has 0 aromatic heterocycles. The maximum absolute atomic E-state index is 11.8. The Kier molecular flexibility index (Phi) is 4.61. The van der Waals surface area contributed by atoms with Crippen molar-refractivity contribution in [3.8, 4) is 6.07 Å². The maximum Gasteiger partial charge on any atom is 0.317 e. The van der Waals surface area contributed by atoms with Crippen LogP contribution in [0.2, 0.25) is 0 Å². The van der Waals surface area contributed by atoms with Crippen LogP contribution >= 0.6 is 0 Å². The highest BCUT2D eigenvalue weighted by Gasteiger charge is 2.21. The van der Waals surface area contributed by atoms with Crippen molar-refractivity contribution in [2.75, 3.05) is 37.6 Å². The van der Waals surface area contributed by atoms with Gasteiger partial charge in [-0.25, -0.2) is 4.79 Å². The fourth-order valence-electron chi connectivity index (χ4n) is 2.27. The Labute approximate surface area is 119 Å². The van der Waals surface area contributed by atoms with E-state index in [-0.39, 0.29) is 6.03 Å². The molecule has 2 amide bonds. The van der Waals surface area contributed by atoms with Crippen molar-refractivity contribution in [3.05, 3.63) is 42.5 Å². The zero-order valence-corrected chi connectivity index (χ0v) is 11.4. The second kappa shape index (κ2) is 6.62. The lowest BCUT2D eigenvalue weighted by Gasteiger charge is -2.36. The van der Waals surface area contributed by atoms with E-state index in [1.807, 2.05) is 24.3 Å². The fraction of sp³-hybridized carbons (Fsp3) is 0.333. The predicted molar refractivity (Wildman–Crippen MR) is 78.5 cm³/mol. The Balaban J connectivity index is 1.96. The van der Waals surface area contributed by atoms with Gasteiger partial charge in [0.15, 0.2) is 0 Å². The normalized spacial score (nSPS) is 14.6. The first-order chi connectivity index (χ1) is 9.76. The summed E-state index contributed by atoms with van der Waals surface area (Å²) in [5, 5.41) is 11.9. The van der Waals surface area contributed by atoms with Gasteiger partial charge in [0, 0.05) is 32.7 Å². The van der Waals surface area contributed by atoms with Gasteiger partial charge in [0.2, 0.25) is 0 Å². The smallest absolute Gasteiger partial charge is 0.317 e. The number of hydrogen-bond donors (Lipinski definition) is 1. The van der Waals surface area contributed by atoms with Gasteiger partial charge in [-0.15, -0.1) is 6.58 Å². The molecule has 0 aliphatic carbocycles. The first kappa shape index (κ1) is 13.9. The quantitative estimate of drug-likeness (QED) is 0.848. The Morgan fingerprint density at radius 1 is 1.35 bits per heavy atom. The number of rotatable bonds is 3. The molecule has 0 spiro atoms. The number of para-hydroxylation sites is 1. The van der Waals surface area contributed by atoms with E-state index in [2.05, 4.69) is 22.9 Å². The van der Waals surface area contributed by atoms with E-state index in [0.29, 0.717) is 25.2 Å². The van der Waals surface area contributed by atoms with Crippen LogP contribution in [0.3, 0.4) is 0 Å². The molecule has 0 unspecified atom stereocenters.